The molecule has 1 heterocycles. The summed E-state index contributed by atoms with van der Waals surface area (Å²) in [5, 5.41) is 15.0. The van der Waals surface area contributed by atoms with E-state index in [-0.39, 0.29) is 5.91 Å². The van der Waals surface area contributed by atoms with E-state index in [0.717, 1.165) is 13.1 Å². The van der Waals surface area contributed by atoms with Crippen molar-refractivity contribution in [2.75, 3.05) is 19.7 Å². The van der Waals surface area contributed by atoms with Crippen LogP contribution in [0.25, 0.3) is 0 Å². The molecule has 5 nitrogen and oxygen atoms in total. The minimum Gasteiger partial charge on any atom is -0.480 e. The quantitative estimate of drug-likeness (QED) is 0.632. The summed E-state index contributed by atoms with van der Waals surface area (Å²) in [6, 6.07) is 0. The van der Waals surface area contributed by atoms with Crippen molar-refractivity contribution in [2.45, 2.75) is 26.2 Å². The predicted octanol–water partition coefficient (Wildman–Crippen LogP) is 0.0821. The van der Waals surface area contributed by atoms with E-state index in [9.17, 15) is 4.79 Å². The molecule has 0 aromatic rings. The van der Waals surface area contributed by atoms with Gasteiger partial charge < -0.3 is 15.1 Å². The van der Waals surface area contributed by atoms with Crippen LogP contribution in [0.15, 0.2) is 0 Å². The first-order chi connectivity index (χ1) is 6.57. The van der Waals surface area contributed by atoms with Gasteiger partial charge in [-0.2, -0.15) is 0 Å². The van der Waals surface area contributed by atoms with E-state index in [1.54, 1.807) is 6.92 Å². The van der Waals surface area contributed by atoms with Crippen molar-refractivity contribution in [1.29, 1.82) is 0 Å². The number of nitrogens with zero attached hydrogens (tertiary/aromatic N) is 1. The van der Waals surface area contributed by atoms with Gasteiger partial charge in [-0.1, -0.05) is 0 Å². The van der Waals surface area contributed by atoms with Crippen LogP contribution in [0.1, 0.15) is 26.2 Å². The Bertz CT molecular complexity index is 187. The van der Waals surface area contributed by atoms with Gasteiger partial charge >= 0.3 is 5.97 Å². The first kappa shape index (κ1) is 12.9. The third kappa shape index (κ3) is 6.42. The smallest absolute Gasteiger partial charge is 0.329 e. The zero-order chi connectivity index (χ0) is 11.0. The summed E-state index contributed by atoms with van der Waals surface area (Å²) in [6.45, 7) is 2.83. The van der Waals surface area contributed by atoms with Crippen LogP contribution >= 0.6 is 0 Å². The van der Waals surface area contributed by atoms with E-state index in [1.165, 1.54) is 19.3 Å². The maximum absolute atomic E-state index is 10.7. The molecule has 2 N–H and O–H groups in total. The van der Waals surface area contributed by atoms with Crippen LogP contribution in [0.4, 0.5) is 0 Å². The van der Waals surface area contributed by atoms with E-state index in [1.807, 2.05) is 4.90 Å². The van der Waals surface area contributed by atoms with E-state index >= 15 is 0 Å². The minimum absolute atomic E-state index is 0.231. The number of aliphatic hydroxyl groups is 1. The monoisotopic (exact) mass is 203 g/mol. The lowest BCUT2D eigenvalue weighted by atomic mass is 10.1. The number of carboxylic acid groups (broad SMARTS) is 1. The number of carbonyl (C=O) groups is 2. The summed E-state index contributed by atoms with van der Waals surface area (Å²) < 4.78 is 0. The lowest BCUT2D eigenvalue weighted by Gasteiger charge is -2.24. The Balaban J connectivity index is 0.000000292. The molecule has 0 aliphatic carbocycles. The second-order valence-corrected chi connectivity index (χ2v) is 3.12. The number of aliphatic hydroxyl groups excluding tert-OH is 1. The molecule has 14 heavy (non-hydrogen) atoms. The first-order valence-corrected chi connectivity index (χ1v) is 4.66. The van der Waals surface area contributed by atoms with E-state index in [0.29, 0.717) is 0 Å². The predicted molar refractivity (Wildman–Crippen MR) is 50.8 cm³/mol. The zero-order valence-electron chi connectivity index (χ0n) is 8.40. The van der Waals surface area contributed by atoms with Gasteiger partial charge in [0.2, 0.25) is 5.91 Å². The van der Waals surface area contributed by atoms with Crippen molar-refractivity contribution in [3.05, 3.63) is 0 Å². The Morgan fingerprint density at radius 1 is 1.21 bits per heavy atom. The summed E-state index contributed by atoms with van der Waals surface area (Å²) in [6.07, 6.45) is 3.68. The number of amides is 1. The topological polar surface area (TPSA) is 77.8 Å². The van der Waals surface area contributed by atoms with Gasteiger partial charge in [-0.3, -0.25) is 4.79 Å². The SMILES string of the molecule is CC(=O)N1CCCCC1.O=C(O)CO. The Morgan fingerprint density at radius 3 is 1.86 bits per heavy atom. The highest BCUT2D eigenvalue weighted by molar-refractivity contribution is 5.73. The van der Waals surface area contributed by atoms with E-state index in [2.05, 4.69) is 0 Å². The molecule has 0 bridgehead atoms. The lowest BCUT2D eigenvalue weighted by molar-refractivity contribution is -0.140. The number of piperidine rings is 1. The number of hydrogen-bond donors (Lipinski definition) is 2. The lowest BCUT2D eigenvalue weighted by Crippen LogP contribution is -2.33. The molecule has 0 radical (unpaired) electrons. The van der Waals surface area contributed by atoms with Gasteiger partial charge in [-0.05, 0) is 19.3 Å². The summed E-state index contributed by atoms with van der Waals surface area (Å²) in [5.41, 5.74) is 0. The molecule has 0 atom stereocenters. The van der Waals surface area contributed by atoms with Crippen molar-refractivity contribution in [3.8, 4) is 0 Å². The summed E-state index contributed by atoms with van der Waals surface area (Å²) in [4.78, 5) is 21.8. The largest absolute Gasteiger partial charge is 0.480 e. The standard InChI is InChI=1S/C7H13NO.C2H4O3/c1-7(9)8-5-3-2-4-6-8;3-1-2(4)5/h2-6H2,1H3;3H,1H2,(H,4,5). The molecular formula is C9H17NO4. The number of aliphatic carboxylic acids is 1. The number of carbonyl (C=O) groups excluding carboxylic acids is 1. The fraction of sp³-hybridized carbons (Fsp3) is 0.778. The third-order valence-corrected chi connectivity index (χ3v) is 1.94. The summed E-state index contributed by atoms with van der Waals surface area (Å²) in [7, 11) is 0. The average Bonchev–Trinajstić information content (AvgIpc) is 2.20. The van der Waals surface area contributed by atoms with Crippen molar-refractivity contribution in [3.63, 3.8) is 0 Å². The number of rotatable bonds is 1. The molecule has 5 heteroatoms. The van der Waals surface area contributed by atoms with Crippen molar-refractivity contribution >= 4 is 11.9 Å². The Hall–Kier alpha value is -1.10. The van der Waals surface area contributed by atoms with Crippen molar-refractivity contribution in [2.24, 2.45) is 0 Å². The molecule has 1 amide bonds. The second kappa shape index (κ2) is 7.32. The molecule has 0 spiro atoms. The fourth-order valence-electron chi connectivity index (χ4n) is 1.21. The summed E-state index contributed by atoms with van der Waals surface area (Å²) >= 11 is 0. The van der Waals surface area contributed by atoms with Crippen LogP contribution in [-0.4, -0.2) is 46.7 Å². The molecule has 82 valence electrons. The number of carboxylic acids is 1. The molecule has 1 aliphatic heterocycles. The highest BCUT2D eigenvalue weighted by atomic mass is 16.4. The zero-order valence-corrected chi connectivity index (χ0v) is 8.40. The maximum Gasteiger partial charge on any atom is 0.329 e. The van der Waals surface area contributed by atoms with E-state index < -0.39 is 12.6 Å². The molecule has 1 aliphatic rings. The molecule has 1 fully saturated rings. The molecule has 1 saturated heterocycles. The van der Waals surface area contributed by atoms with Gasteiger partial charge in [0, 0.05) is 20.0 Å². The van der Waals surface area contributed by atoms with Gasteiger partial charge in [0.25, 0.3) is 0 Å². The van der Waals surface area contributed by atoms with Gasteiger partial charge in [-0.25, -0.2) is 4.79 Å². The third-order valence-electron chi connectivity index (χ3n) is 1.94. The van der Waals surface area contributed by atoms with Gasteiger partial charge in [0.05, 0.1) is 0 Å². The molecule has 0 aromatic carbocycles. The molecule has 0 saturated carbocycles. The van der Waals surface area contributed by atoms with Crippen molar-refractivity contribution in [1.82, 2.24) is 4.90 Å². The van der Waals surface area contributed by atoms with Gasteiger partial charge in [-0.15, -0.1) is 0 Å². The van der Waals surface area contributed by atoms with E-state index in [4.69, 9.17) is 15.0 Å². The fourth-order valence-corrected chi connectivity index (χ4v) is 1.21. The maximum atomic E-state index is 10.7. The Kier molecular flexibility index (Phi) is 6.74. The summed E-state index contributed by atoms with van der Waals surface area (Å²) in [5.74, 6) is -0.959. The van der Waals surface area contributed by atoms with Gasteiger partial charge in [0.15, 0.2) is 0 Å². The van der Waals surface area contributed by atoms with Crippen LogP contribution in [0.2, 0.25) is 0 Å². The molecular weight excluding hydrogens is 186 g/mol. The Labute approximate surface area is 83.3 Å². The second-order valence-electron chi connectivity index (χ2n) is 3.12. The normalized spacial score (nSPS) is 15.4. The number of likely N-dealkylation sites (tertiary alicyclic amines) is 1. The first-order valence-electron chi connectivity index (χ1n) is 4.66. The van der Waals surface area contributed by atoms with Crippen molar-refractivity contribution < 1.29 is 19.8 Å². The van der Waals surface area contributed by atoms with Gasteiger partial charge in [0.1, 0.15) is 6.61 Å². The van der Waals surface area contributed by atoms with Crippen LogP contribution in [-0.2, 0) is 9.59 Å². The molecule has 1 rings (SSSR count). The highest BCUT2D eigenvalue weighted by Gasteiger charge is 2.10. The van der Waals surface area contributed by atoms with Crippen LogP contribution < -0.4 is 0 Å². The van der Waals surface area contributed by atoms with Crippen LogP contribution in [0.3, 0.4) is 0 Å². The highest BCUT2D eigenvalue weighted by Crippen LogP contribution is 2.07. The minimum atomic E-state index is -1.19. The average molecular weight is 203 g/mol. The van der Waals surface area contributed by atoms with Crippen LogP contribution in [0.5, 0.6) is 0 Å². The Morgan fingerprint density at radius 2 is 1.64 bits per heavy atom. The molecule has 0 unspecified atom stereocenters. The molecule has 0 aromatic heterocycles. The number of hydrogen-bond acceptors (Lipinski definition) is 3. The van der Waals surface area contributed by atoms with Crippen LogP contribution in [0, 0.1) is 0 Å².